The highest BCUT2D eigenvalue weighted by atomic mass is 16.5. The van der Waals surface area contributed by atoms with Crippen molar-refractivity contribution >= 4 is 0 Å². The number of rotatable bonds is 4. The van der Waals surface area contributed by atoms with Crippen LogP contribution in [0.25, 0.3) is 0 Å². The number of allylic oxidation sites excluding steroid dienone is 1. The van der Waals surface area contributed by atoms with Crippen molar-refractivity contribution in [3.05, 3.63) is 22.8 Å². The third-order valence-electron chi connectivity index (χ3n) is 9.13. The van der Waals surface area contributed by atoms with E-state index in [4.69, 9.17) is 18.9 Å². The van der Waals surface area contributed by atoms with Gasteiger partial charge in [0.1, 0.15) is 0 Å². The summed E-state index contributed by atoms with van der Waals surface area (Å²) >= 11 is 0. The molecule has 0 aromatic heterocycles. The average molecular weight is 387 g/mol. The third kappa shape index (κ3) is 2.38. The van der Waals surface area contributed by atoms with Gasteiger partial charge >= 0.3 is 0 Å². The summed E-state index contributed by atoms with van der Waals surface area (Å²) in [7, 11) is 1.77. The Balaban J connectivity index is 1.31. The SMILES string of the molecule is COCCO[C@@]12C[C@@H]1C[C@H]1[C@@H]3CCC4=C(C3=CC[C@@]12C)C1CC(C4)OCCO1. The molecule has 7 atom stereocenters. The molecule has 0 amide bonds. The minimum atomic E-state index is 0.122. The van der Waals surface area contributed by atoms with E-state index in [1.54, 1.807) is 23.8 Å². The fourth-order valence-electron chi connectivity index (χ4n) is 7.79. The summed E-state index contributed by atoms with van der Waals surface area (Å²) in [6, 6.07) is 0. The first-order valence-corrected chi connectivity index (χ1v) is 11.4. The number of hydrogen-bond donors (Lipinski definition) is 0. The van der Waals surface area contributed by atoms with Gasteiger partial charge in [-0.15, -0.1) is 0 Å². The van der Waals surface area contributed by atoms with E-state index < -0.39 is 0 Å². The van der Waals surface area contributed by atoms with Crippen LogP contribution in [0.15, 0.2) is 22.8 Å². The molecule has 1 saturated heterocycles. The smallest absolute Gasteiger partial charge is 0.0853 e. The van der Waals surface area contributed by atoms with Gasteiger partial charge in [0, 0.05) is 18.9 Å². The minimum Gasteiger partial charge on any atom is -0.382 e. The largest absolute Gasteiger partial charge is 0.382 e. The molecule has 3 fully saturated rings. The van der Waals surface area contributed by atoms with Gasteiger partial charge < -0.3 is 18.9 Å². The summed E-state index contributed by atoms with van der Waals surface area (Å²) in [5, 5.41) is 0. The predicted molar refractivity (Wildman–Crippen MR) is 106 cm³/mol. The molecule has 0 aromatic carbocycles. The lowest BCUT2D eigenvalue weighted by Crippen LogP contribution is -2.46. The van der Waals surface area contributed by atoms with Crippen LogP contribution in [0.3, 0.4) is 0 Å². The zero-order chi connectivity index (χ0) is 18.9. The lowest BCUT2D eigenvalue weighted by atomic mass is 9.56. The Labute approximate surface area is 168 Å². The molecular weight excluding hydrogens is 352 g/mol. The van der Waals surface area contributed by atoms with E-state index in [1.807, 2.05) is 0 Å². The molecule has 4 heteroatoms. The first kappa shape index (κ1) is 18.1. The maximum atomic E-state index is 6.54. The molecule has 0 spiro atoms. The Morgan fingerprint density at radius 3 is 2.96 bits per heavy atom. The van der Waals surface area contributed by atoms with Crippen molar-refractivity contribution in [1.82, 2.24) is 0 Å². The average Bonchev–Trinajstić information content (AvgIpc) is 3.39. The topological polar surface area (TPSA) is 36.9 Å². The molecule has 6 aliphatic rings. The van der Waals surface area contributed by atoms with Gasteiger partial charge in [-0.1, -0.05) is 18.6 Å². The molecule has 2 unspecified atom stereocenters. The highest BCUT2D eigenvalue weighted by molar-refractivity contribution is 5.48. The van der Waals surface area contributed by atoms with E-state index in [1.165, 1.54) is 25.7 Å². The van der Waals surface area contributed by atoms with Gasteiger partial charge in [0.2, 0.25) is 0 Å². The molecular formula is C24H34O4. The lowest BCUT2D eigenvalue weighted by molar-refractivity contribution is -0.0874. The maximum Gasteiger partial charge on any atom is 0.0853 e. The molecule has 5 aliphatic carbocycles. The second-order valence-electron chi connectivity index (χ2n) is 10.2. The Hall–Kier alpha value is -0.680. The van der Waals surface area contributed by atoms with Crippen molar-refractivity contribution in [3.63, 3.8) is 0 Å². The van der Waals surface area contributed by atoms with E-state index in [-0.39, 0.29) is 11.7 Å². The number of hydrogen-bond acceptors (Lipinski definition) is 4. The van der Waals surface area contributed by atoms with E-state index in [0.29, 0.717) is 24.0 Å². The first-order valence-electron chi connectivity index (χ1n) is 11.4. The second kappa shape index (κ2) is 6.41. The predicted octanol–water partition coefficient (Wildman–Crippen LogP) is 4.05. The lowest BCUT2D eigenvalue weighted by Gasteiger charge is -2.50. The van der Waals surface area contributed by atoms with Crippen molar-refractivity contribution < 1.29 is 18.9 Å². The Morgan fingerprint density at radius 2 is 2.07 bits per heavy atom. The number of ether oxygens (including phenoxy) is 4. The van der Waals surface area contributed by atoms with Crippen LogP contribution in [0, 0.1) is 23.2 Å². The molecule has 1 heterocycles. The molecule has 2 bridgehead atoms. The normalized spacial score (nSPS) is 48.8. The molecule has 4 nitrogen and oxygen atoms in total. The summed E-state index contributed by atoms with van der Waals surface area (Å²) in [6.45, 7) is 5.48. The standard InChI is InChI=1S/C24H34O4/c1-23-6-5-19-18(20(23)12-16-14-24(16,23)28-10-7-25-2)4-3-15-11-17-13-21(22(15)19)27-9-8-26-17/h5,16-18,20-21H,3-4,6-14H2,1-2H3/t16-,17?,18+,20-,21?,23-,24-/m0/s1. The maximum absolute atomic E-state index is 6.54. The van der Waals surface area contributed by atoms with Crippen LogP contribution < -0.4 is 0 Å². The van der Waals surface area contributed by atoms with Crippen LogP contribution in [0.1, 0.15) is 51.9 Å². The van der Waals surface area contributed by atoms with Crippen LogP contribution in [0.4, 0.5) is 0 Å². The van der Waals surface area contributed by atoms with E-state index in [9.17, 15) is 0 Å². The summed E-state index contributed by atoms with van der Waals surface area (Å²) in [4.78, 5) is 0. The first-order chi connectivity index (χ1) is 13.7. The second-order valence-corrected chi connectivity index (χ2v) is 10.2. The van der Waals surface area contributed by atoms with Crippen LogP contribution >= 0.6 is 0 Å². The van der Waals surface area contributed by atoms with Crippen molar-refractivity contribution in [2.75, 3.05) is 33.5 Å². The number of methoxy groups -OCH3 is 1. The van der Waals surface area contributed by atoms with Gasteiger partial charge in [0.25, 0.3) is 0 Å². The summed E-state index contributed by atoms with van der Waals surface area (Å²) in [6.07, 6.45) is 11.8. The monoisotopic (exact) mass is 386 g/mol. The quantitative estimate of drug-likeness (QED) is 0.683. The Bertz CT molecular complexity index is 726. The van der Waals surface area contributed by atoms with Gasteiger partial charge in [-0.3, -0.25) is 0 Å². The Morgan fingerprint density at radius 1 is 1.18 bits per heavy atom. The minimum absolute atomic E-state index is 0.122. The molecule has 0 N–H and O–H groups in total. The van der Waals surface area contributed by atoms with Crippen LogP contribution in [-0.2, 0) is 18.9 Å². The van der Waals surface area contributed by atoms with Crippen LogP contribution in [0.2, 0.25) is 0 Å². The van der Waals surface area contributed by atoms with Gasteiger partial charge in [0.15, 0.2) is 0 Å². The van der Waals surface area contributed by atoms with Crippen LogP contribution in [-0.4, -0.2) is 51.3 Å². The van der Waals surface area contributed by atoms with Gasteiger partial charge in [-0.05, 0) is 67.4 Å². The summed E-state index contributed by atoms with van der Waals surface area (Å²) in [5.74, 6) is 2.24. The molecule has 0 radical (unpaired) electrons. The molecule has 1 aliphatic heterocycles. The molecule has 6 rings (SSSR count). The van der Waals surface area contributed by atoms with Crippen molar-refractivity contribution in [2.45, 2.75) is 69.7 Å². The molecule has 28 heavy (non-hydrogen) atoms. The molecule has 0 aromatic rings. The zero-order valence-corrected chi connectivity index (χ0v) is 17.4. The van der Waals surface area contributed by atoms with Gasteiger partial charge in [-0.2, -0.15) is 0 Å². The summed E-state index contributed by atoms with van der Waals surface area (Å²) < 4.78 is 24.1. The van der Waals surface area contributed by atoms with E-state index in [0.717, 1.165) is 50.9 Å². The fraction of sp³-hybridized carbons (Fsp3) is 0.833. The van der Waals surface area contributed by atoms with Crippen molar-refractivity contribution in [2.24, 2.45) is 23.2 Å². The summed E-state index contributed by atoms with van der Waals surface area (Å²) in [5.41, 5.74) is 5.31. The van der Waals surface area contributed by atoms with Crippen molar-refractivity contribution in [1.29, 1.82) is 0 Å². The van der Waals surface area contributed by atoms with E-state index in [2.05, 4.69) is 13.0 Å². The fourth-order valence-corrected chi connectivity index (χ4v) is 7.79. The molecule has 2 saturated carbocycles. The highest BCUT2D eigenvalue weighted by Crippen LogP contribution is 2.75. The highest BCUT2D eigenvalue weighted by Gasteiger charge is 2.74. The Kier molecular flexibility index (Phi) is 4.15. The van der Waals surface area contributed by atoms with E-state index >= 15 is 0 Å². The third-order valence-corrected chi connectivity index (χ3v) is 9.13. The molecule has 154 valence electrons. The van der Waals surface area contributed by atoms with Gasteiger partial charge in [-0.25, -0.2) is 0 Å². The number of fused-ring (bicyclic) bond motifs is 9. The van der Waals surface area contributed by atoms with Crippen LogP contribution in [0.5, 0.6) is 0 Å². The van der Waals surface area contributed by atoms with Crippen molar-refractivity contribution in [3.8, 4) is 0 Å². The van der Waals surface area contributed by atoms with Gasteiger partial charge in [0.05, 0.1) is 44.2 Å². The zero-order valence-electron chi connectivity index (χ0n) is 17.4.